The summed E-state index contributed by atoms with van der Waals surface area (Å²) in [6.45, 7) is 7.37. The maximum atomic E-state index is 12.5. The average Bonchev–Trinajstić information content (AvgIpc) is 3.21. The highest BCUT2D eigenvalue weighted by atomic mass is 16.3. The van der Waals surface area contributed by atoms with E-state index in [0.29, 0.717) is 18.8 Å². The number of furan rings is 1. The molecule has 1 fully saturated rings. The summed E-state index contributed by atoms with van der Waals surface area (Å²) in [6, 6.07) is 12.2. The van der Waals surface area contributed by atoms with Crippen molar-refractivity contribution in [1.29, 1.82) is 0 Å². The van der Waals surface area contributed by atoms with Gasteiger partial charge in [-0.05, 0) is 24.6 Å². The van der Waals surface area contributed by atoms with Crippen molar-refractivity contribution in [3.8, 4) is 0 Å². The van der Waals surface area contributed by atoms with E-state index in [0.717, 1.165) is 32.7 Å². The molecule has 2 amide bonds. The van der Waals surface area contributed by atoms with Crippen LogP contribution in [0, 0.1) is 6.92 Å². The van der Waals surface area contributed by atoms with Gasteiger partial charge in [0.2, 0.25) is 11.8 Å². The van der Waals surface area contributed by atoms with Gasteiger partial charge in [-0.25, -0.2) is 0 Å². The molecule has 29 heavy (non-hydrogen) atoms. The summed E-state index contributed by atoms with van der Waals surface area (Å²) in [6.07, 6.45) is 1.57. The van der Waals surface area contributed by atoms with Gasteiger partial charge in [-0.2, -0.15) is 0 Å². The number of rotatable bonds is 8. The van der Waals surface area contributed by atoms with Gasteiger partial charge in [-0.3, -0.25) is 19.4 Å². The minimum Gasteiger partial charge on any atom is -0.467 e. The normalized spacial score (nSPS) is 15.2. The Balaban J connectivity index is 1.35. The van der Waals surface area contributed by atoms with E-state index in [4.69, 9.17) is 4.42 Å². The van der Waals surface area contributed by atoms with Crippen molar-refractivity contribution >= 4 is 11.8 Å². The Labute approximate surface area is 172 Å². The van der Waals surface area contributed by atoms with Crippen LogP contribution < -0.4 is 5.32 Å². The lowest BCUT2D eigenvalue weighted by atomic mass is 10.1. The van der Waals surface area contributed by atoms with E-state index in [-0.39, 0.29) is 18.4 Å². The summed E-state index contributed by atoms with van der Waals surface area (Å²) >= 11 is 0. The quantitative estimate of drug-likeness (QED) is 0.730. The second-order valence-corrected chi connectivity index (χ2v) is 7.65. The van der Waals surface area contributed by atoms with Gasteiger partial charge in [0, 0.05) is 39.8 Å². The second-order valence-electron chi connectivity index (χ2n) is 7.65. The predicted molar refractivity (Wildman–Crippen MR) is 111 cm³/mol. The third kappa shape index (κ3) is 6.73. The van der Waals surface area contributed by atoms with Crippen LogP contribution in [0.25, 0.3) is 0 Å². The fourth-order valence-corrected chi connectivity index (χ4v) is 3.44. The smallest absolute Gasteiger partial charge is 0.239 e. The highest BCUT2D eigenvalue weighted by Crippen LogP contribution is 2.10. The van der Waals surface area contributed by atoms with E-state index in [2.05, 4.69) is 46.3 Å². The number of amides is 2. The maximum absolute atomic E-state index is 12.5. The summed E-state index contributed by atoms with van der Waals surface area (Å²) in [5, 5.41) is 2.76. The molecule has 7 heteroatoms. The number of hydrogen-bond donors (Lipinski definition) is 1. The van der Waals surface area contributed by atoms with Crippen LogP contribution in [-0.2, 0) is 22.7 Å². The van der Waals surface area contributed by atoms with Gasteiger partial charge in [0.25, 0.3) is 0 Å². The lowest BCUT2D eigenvalue weighted by molar-refractivity contribution is -0.136. The highest BCUT2D eigenvalue weighted by molar-refractivity contribution is 5.85. The van der Waals surface area contributed by atoms with Gasteiger partial charge in [-0.15, -0.1) is 0 Å². The Hall–Kier alpha value is -2.64. The zero-order valence-corrected chi connectivity index (χ0v) is 17.3. The average molecular weight is 399 g/mol. The van der Waals surface area contributed by atoms with Crippen molar-refractivity contribution in [2.45, 2.75) is 20.0 Å². The maximum Gasteiger partial charge on any atom is 0.239 e. The summed E-state index contributed by atoms with van der Waals surface area (Å²) in [7, 11) is 1.67. The van der Waals surface area contributed by atoms with Crippen LogP contribution in [0.5, 0.6) is 0 Å². The molecule has 1 saturated heterocycles. The fourth-order valence-electron chi connectivity index (χ4n) is 3.44. The van der Waals surface area contributed by atoms with Crippen LogP contribution in [0.3, 0.4) is 0 Å². The Kier molecular flexibility index (Phi) is 7.43. The molecule has 1 N–H and O–H groups in total. The van der Waals surface area contributed by atoms with Gasteiger partial charge in [0.1, 0.15) is 5.76 Å². The van der Waals surface area contributed by atoms with Gasteiger partial charge in [-0.1, -0.05) is 29.8 Å². The zero-order valence-electron chi connectivity index (χ0n) is 17.3. The molecular weight excluding hydrogens is 368 g/mol. The molecule has 1 aliphatic heterocycles. The van der Waals surface area contributed by atoms with E-state index < -0.39 is 0 Å². The molecule has 3 rings (SSSR count). The molecule has 1 aromatic heterocycles. The molecule has 7 nitrogen and oxygen atoms in total. The molecule has 0 radical (unpaired) electrons. The van der Waals surface area contributed by atoms with E-state index in [1.807, 2.05) is 0 Å². The summed E-state index contributed by atoms with van der Waals surface area (Å²) < 4.78 is 5.18. The number of benzene rings is 1. The van der Waals surface area contributed by atoms with Crippen molar-refractivity contribution < 1.29 is 14.0 Å². The monoisotopic (exact) mass is 398 g/mol. The van der Waals surface area contributed by atoms with Crippen LogP contribution in [0.4, 0.5) is 0 Å². The molecule has 2 aromatic rings. The van der Waals surface area contributed by atoms with Crippen molar-refractivity contribution in [3.63, 3.8) is 0 Å². The molecule has 0 atom stereocenters. The Morgan fingerprint density at radius 1 is 1.10 bits per heavy atom. The molecule has 2 heterocycles. The number of piperazine rings is 1. The minimum atomic E-state index is -0.194. The SMILES string of the molecule is Cc1cccc(CN2CCN(CC(=O)N(C)CC(=O)NCc3ccco3)CC2)c1. The molecule has 1 aromatic carbocycles. The van der Waals surface area contributed by atoms with E-state index in [9.17, 15) is 9.59 Å². The lowest BCUT2D eigenvalue weighted by Crippen LogP contribution is -2.50. The number of carbonyl (C=O) groups is 2. The van der Waals surface area contributed by atoms with Gasteiger partial charge in [0.15, 0.2) is 0 Å². The lowest BCUT2D eigenvalue weighted by Gasteiger charge is -2.35. The van der Waals surface area contributed by atoms with Crippen LogP contribution >= 0.6 is 0 Å². The Morgan fingerprint density at radius 3 is 2.55 bits per heavy atom. The number of likely N-dealkylation sites (N-methyl/N-ethyl adjacent to an activating group) is 1. The first kappa shape index (κ1) is 21.1. The molecular formula is C22H30N4O3. The molecule has 0 unspecified atom stereocenters. The van der Waals surface area contributed by atoms with Crippen molar-refractivity contribution in [3.05, 3.63) is 59.5 Å². The fraction of sp³-hybridized carbons (Fsp3) is 0.455. The third-order valence-corrected chi connectivity index (χ3v) is 5.16. The van der Waals surface area contributed by atoms with E-state index >= 15 is 0 Å². The molecule has 0 aliphatic carbocycles. The Bertz CT molecular complexity index is 798. The van der Waals surface area contributed by atoms with Crippen molar-refractivity contribution in [2.75, 3.05) is 46.3 Å². The number of hydrogen-bond acceptors (Lipinski definition) is 5. The molecule has 156 valence electrons. The highest BCUT2D eigenvalue weighted by Gasteiger charge is 2.21. The molecule has 0 spiro atoms. The first-order chi connectivity index (χ1) is 14.0. The standard InChI is InChI=1S/C22H30N4O3/c1-18-5-3-6-19(13-18)15-25-8-10-26(11-9-25)17-22(28)24(2)16-21(27)23-14-20-7-4-12-29-20/h3-7,12-13H,8-11,14-17H2,1-2H3,(H,23,27). The van der Waals surface area contributed by atoms with E-state index in [1.165, 1.54) is 16.0 Å². The van der Waals surface area contributed by atoms with Crippen LogP contribution in [0.15, 0.2) is 47.1 Å². The first-order valence-electron chi connectivity index (χ1n) is 10.0. The summed E-state index contributed by atoms with van der Waals surface area (Å²) in [4.78, 5) is 30.5. The predicted octanol–water partition coefficient (Wildman–Crippen LogP) is 1.48. The van der Waals surface area contributed by atoms with Gasteiger partial charge < -0.3 is 14.6 Å². The van der Waals surface area contributed by atoms with Crippen LogP contribution in [-0.4, -0.2) is 72.8 Å². The first-order valence-corrected chi connectivity index (χ1v) is 10.0. The summed E-state index contributed by atoms with van der Waals surface area (Å²) in [5.41, 5.74) is 2.61. The molecule has 0 bridgehead atoms. The number of aryl methyl sites for hydroxylation is 1. The second kappa shape index (κ2) is 10.2. The van der Waals surface area contributed by atoms with E-state index in [1.54, 1.807) is 25.4 Å². The van der Waals surface area contributed by atoms with Crippen LogP contribution in [0.1, 0.15) is 16.9 Å². The van der Waals surface area contributed by atoms with Crippen LogP contribution in [0.2, 0.25) is 0 Å². The number of nitrogens with one attached hydrogen (secondary N) is 1. The van der Waals surface area contributed by atoms with Gasteiger partial charge >= 0.3 is 0 Å². The van der Waals surface area contributed by atoms with Gasteiger partial charge in [0.05, 0.1) is 25.9 Å². The minimum absolute atomic E-state index is 0.0368. The molecule has 1 aliphatic rings. The zero-order chi connectivity index (χ0) is 20.6. The summed E-state index contributed by atoms with van der Waals surface area (Å²) in [5.74, 6) is 0.460. The van der Waals surface area contributed by atoms with Crippen molar-refractivity contribution in [2.24, 2.45) is 0 Å². The Morgan fingerprint density at radius 2 is 1.86 bits per heavy atom. The largest absolute Gasteiger partial charge is 0.467 e. The number of carbonyl (C=O) groups excluding carboxylic acids is 2. The topological polar surface area (TPSA) is 69.0 Å². The molecule has 0 saturated carbocycles. The van der Waals surface area contributed by atoms with Crippen molar-refractivity contribution in [1.82, 2.24) is 20.0 Å². The number of nitrogens with zero attached hydrogens (tertiary/aromatic N) is 3. The third-order valence-electron chi connectivity index (χ3n) is 5.16.